The Morgan fingerprint density at radius 2 is 0.597 bits per heavy atom. The molecule has 1 unspecified atom stereocenters. The smallest absolute Gasteiger partial charge is 0.306 e. The van der Waals surface area contributed by atoms with Gasteiger partial charge in [0.05, 0.1) is 0 Å². The van der Waals surface area contributed by atoms with E-state index in [4.69, 9.17) is 14.2 Å². The van der Waals surface area contributed by atoms with E-state index in [1.165, 1.54) is 167 Å². The molecule has 6 heteroatoms. The van der Waals surface area contributed by atoms with Crippen molar-refractivity contribution in [3.63, 3.8) is 0 Å². The molecule has 388 valence electrons. The Labute approximate surface area is 415 Å². The molecule has 0 N–H and O–H groups in total. The molecule has 6 nitrogen and oxygen atoms in total. The average Bonchev–Trinajstić information content (AvgIpc) is 3.33. The summed E-state index contributed by atoms with van der Waals surface area (Å²) >= 11 is 0. The minimum Gasteiger partial charge on any atom is -0.462 e. The summed E-state index contributed by atoms with van der Waals surface area (Å²) in [7, 11) is 0. The summed E-state index contributed by atoms with van der Waals surface area (Å²) in [4.78, 5) is 38.1. The summed E-state index contributed by atoms with van der Waals surface area (Å²) in [5, 5.41) is 0. The molecule has 0 aliphatic carbocycles. The van der Waals surface area contributed by atoms with Gasteiger partial charge in [0.2, 0.25) is 0 Å². The lowest BCUT2D eigenvalue weighted by atomic mass is 10.0. The minimum absolute atomic E-state index is 0.0969. The van der Waals surface area contributed by atoms with Gasteiger partial charge in [0.1, 0.15) is 13.2 Å². The number of allylic oxidation sites excluding steroid dienone is 10. The zero-order valence-electron chi connectivity index (χ0n) is 44.4. The third-order valence-electron chi connectivity index (χ3n) is 12.5. The Bertz CT molecular complexity index is 1210. The summed E-state index contributed by atoms with van der Waals surface area (Å²) in [6.45, 7) is 6.60. The number of rotatable bonds is 52. The van der Waals surface area contributed by atoms with Crippen molar-refractivity contribution in [2.24, 2.45) is 0 Å². The van der Waals surface area contributed by atoms with E-state index in [2.05, 4.69) is 81.5 Å². The van der Waals surface area contributed by atoms with Crippen LogP contribution in [-0.4, -0.2) is 37.2 Å². The standard InChI is InChI=1S/C61H108O6/c1-4-7-10-13-16-19-22-25-28-30-32-33-36-39-42-45-48-51-54-60(63)66-57-58(56-65-59(62)53-50-47-44-41-38-35-27-24-21-18-15-12-9-6-3)67-61(64)55-52-49-46-43-40-37-34-31-29-26-23-20-17-14-11-8-5-2/h26,28-30,32-34,37,43,46,58H,4-25,27,31,35-36,38-42,44-45,47-57H2,1-3H3/b29-26-,30-28-,33-32-,37-34-,46-43-. The van der Waals surface area contributed by atoms with Crippen LogP contribution in [0.15, 0.2) is 60.8 Å². The molecule has 0 aromatic heterocycles. The fraction of sp³-hybridized carbons (Fsp3) is 0.787. The Morgan fingerprint density at radius 3 is 0.970 bits per heavy atom. The molecule has 0 aliphatic heterocycles. The van der Waals surface area contributed by atoms with Crippen LogP contribution in [0.2, 0.25) is 0 Å². The first-order valence-corrected chi connectivity index (χ1v) is 28.8. The van der Waals surface area contributed by atoms with Gasteiger partial charge in [-0.3, -0.25) is 14.4 Å². The third kappa shape index (κ3) is 53.9. The van der Waals surface area contributed by atoms with Gasteiger partial charge in [-0.1, -0.05) is 255 Å². The number of hydrogen-bond donors (Lipinski definition) is 0. The first kappa shape index (κ1) is 64.1. The maximum Gasteiger partial charge on any atom is 0.306 e. The fourth-order valence-corrected chi connectivity index (χ4v) is 8.16. The topological polar surface area (TPSA) is 78.9 Å². The van der Waals surface area contributed by atoms with Crippen molar-refractivity contribution >= 4 is 17.9 Å². The lowest BCUT2D eigenvalue weighted by Crippen LogP contribution is -2.30. The average molecular weight is 938 g/mol. The molecule has 0 aliphatic rings. The van der Waals surface area contributed by atoms with E-state index in [1.807, 2.05) is 0 Å². The van der Waals surface area contributed by atoms with Crippen molar-refractivity contribution in [3.8, 4) is 0 Å². The maximum atomic E-state index is 12.8. The van der Waals surface area contributed by atoms with Crippen molar-refractivity contribution in [1.82, 2.24) is 0 Å². The molecule has 0 bridgehead atoms. The highest BCUT2D eigenvalue weighted by atomic mass is 16.6. The van der Waals surface area contributed by atoms with E-state index < -0.39 is 6.10 Å². The summed E-state index contributed by atoms with van der Waals surface area (Å²) in [6.07, 6.45) is 69.3. The van der Waals surface area contributed by atoms with Gasteiger partial charge in [0, 0.05) is 19.3 Å². The molecular weight excluding hydrogens is 829 g/mol. The molecule has 0 radical (unpaired) electrons. The Balaban J connectivity index is 4.46. The van der Waals surface area contributed by atoms with Gasteiger partial charge in [-0.05, 0) is 77.0 Å². The number of esters is 3. The Hall–Kier alpha value is -2.89. The zero-order chi connectivity index (χ0) is 48.6. The normalized spacial score (nSPS) is 12.5. The predicted octanol–water partition coefficient (Wildman–Crippen LogP) is 19.2. The van der Waals surface area contributed by atoms with Gasteiger partial charge >= 0.3 is 17.9 Å². The number of unbranched alkanes of at least 4 members (excludes halogenated alkanes) is 32. The quantitative estimate of drug-likeness (QED) is 0.0199. The lowest BCUT2D eigenvalue weighted by molar-refractivity contribution is -0.167. The van der Waals surface area contributed by atoms with Gasteiger partial charge in [0.15, 0.2) is 6.10 Å². The van der Waals surface area contributed by atoms with Crippen LogP contribution in [-0.2, 0) is 28.6 Å². The molecule has 0 amide bonds. The van der Waals surface area contributed by atoms with Crippen molar-refractivity contribution in [2.75, 3.05) is 13.2 Å². The van der Waals surface area contributed by atoms with Crippen LogP contribution >= 0.6 is 0 Å². The van der Waals surface area contributed by atoms with Gasteiger partial charge in [0.25, 0.3) is 0 Å². The van der Waals surface area contributed by atoms with E-state index in [1.54, 1.807) is 0 Å². The van der Waals surface area contributed by atoms with Crippen LogP contribution in [0.4, 0.5) is 0 Å². The summed E-state index contributed by atoms with van der Waals surface area (Å²) in [6, 6.07) is 0. The second-order valence-corrected chi connectivity index (χ2v) is 19.2. The molecule has 0 aromatic rings. The van der Waals surface area contributed by atoms with Gasteiger partial charge in [-0.25, -0.2) is 0 Å². The largest absolute Gasteiger partial charge is 0.462 e. The molecule has 0 saturated heterocycles. The molecule has 67 heavy (non-hydrogen) atoms. The van der Waals surface area contributed by atoms with E-state index in [9.17, 15) is 14.4 Å². The van der Waals surface area contributed by atoms with Gasteiger partial charge in [-0.2, -0.15) is 0 Å². The lowest BCUT2D eigenvalue weighted by Gasteiger charge is -2.18. The fourth-order valence-electron chi connectivity index (χ4n) is 8.16. The summed E-state index contributed by atoms with van der Waals surface area (Å²) < 4.78 is 16.8. The van der Waals surface area contributed by atoms with Crippen molar-refractivity contribution < 1.29 is 28.6 Å². The van der Waals surface area contributed by atoms with E-state index >= 15 is 0 Å². The van der Waals surface area contributed by atoms with Gasteiger partial charge in [-0.15, -0.1) is 0 Å². The maximum absolute atomic E-state index is 12.8. The highest BCUT2D eigenvalue weighted by Crippen LogP contribution is 2.15. The van der Waals surface area contributed by atoms with Crippen LogP contribution in [0, 0.1) is 0 Å². The SMILES string of the molecule is CCCCCCCC/C=C\C/C=C\C/C=C\CCCC(=O)OC(COC(=O)CCCCCCC/C=C\C=C/CCCCCCCCC)COC(=O)CCCCCCCCCCCCCCCC. The summed E-state index contributed by atoms with van der Waals surface area (Å²) in [5.74, 6) is -0.954. The molecule has 0 rings (SSSR count). The second kappa shape index (κ2) is 55.7. The number of carbonyl (C=O) groups excluding carboxylic acids is 3. The third-order valence-corrected chi connectivity index (χ3v) is 12.5. The van der Waals surface area contributed by atoms with Crippen molar-refractivity contribution in [1.29, 1.82) is 0 Å². The Kier molecular flexibility index (Phi) is 53.3. The zero-order valence-corrected chi connectivity index (χ0v) is 44.4. The first-order valence-electron chi connectivity index (χ1n) is 28.8. The van der Waals surface area contributed by atoms with Gasteiger partial charge < -0.3 is 14.2 Å². The molecule has 0 saturated carbocycles. The highest BCUT2D eigenvalue weighted by molar-refractivity contribution is 5.71. The van der Waals surface area contributed by atoms with Crippen LogP contribution in [0.3, 0.4) is 0 Å². The number of carbonyl (C=O) groups is 3. The number of hydrogen-bond acceptors (Lipinski definition) is 6. The van der Waals surface area contributed by atoms with Crippen molar-refractivity contribution in [3.05, 3.63) is 60.8 Å². The van der Waals surface area contributed by atoms with Crippen molar-refractivity contribution in [2.45, 2.75) is 297 Å². The minimum atomic E-state index is -0.805. The first-order chi connectivity index (χ1) is 33.0. The Morgan fingerprint density at radius 1 is 0.313 bits per heavy atom. The molecule has 1 atom stereocenters. The second-order valence-electron chi connectivity index (χ2n) is 19.2. The summed E-state index contributed by atoms with van der Waals surface area (Å²) in [5.41, 5.74) is 0. The molecule has 0 spiro atoms. The molecule has 0 fully saturated rings. The molecule has 0 aromatic carbocycles. The highest BCUT2D eigenvalue weighted by Gasteiger charge is 2.19. The molecular formula is C61H108O6. The number of ether oxygens (including phenoxy) is 3. The van der Waals surface area contributed by atoms with Crippen LogP contribution in [0.1, 0.15) is 290 Å². The molecule has 0 heterocycles. The van der Waals surface area contributed by atoms with E-state index in [-0.39, 0.29) is 37.5 Å². The van der Waals surface area contributed by atoms with Crippen LogP contribution < -0.4 is 0 Å². The van der Waals surface area contributed by atoms with E-state index in [0.29, 0.717) is 19.3 Å². The predicted molar refractivity (Wildman–Crippen MR) is 288 cm³/mol. The monoisotopic (exact) mass is 937 g/mol. The van der Waals surface area contributed by atoms with Crippen LogP contribution in [0.5, 0.6) is 0 Å². The van der Waals surface area contributed by atoms with Crippen LogP contribution in [0.25, 0.3) is 0 Å². The van der Waals surface area contributed by atoms with E-state index in [0.717, 1.165) is 77.0 Å².